The van der Waals surface area contributed by atoms with E-state index in [0.717, 1.165) is 18.4 Å². The Hall–Kier alpha value is -2.12. The summed E-state index contributed by atoms with van der Waals surface area (Å²) in [4.78, 5) is 24.5. The van der Waals surface area contributed by atoms with Crippen LogP contribution in [-0.4, -0.2) is 47.0 Å². The van der Waals surface area contributed by atoms with Crippen molar-refractivity contribution in [3.8, 4) is 5.75 Å². The largest absolute Gasteiger partial charge is 0.486 e. The third kappa shape index (κ3) is 2.49. The number of aliphatic hydroxyl groups excluding tert-OH is 1. The van der Waals surface area contributed by atoms with Crippen molar-refractivity contribution in [1.82, 2.24) is 5.32 Å². The highest BCUT2D eigenvalue weighted by molar-refractivity contribution is 6.08. The minimum absolute atomic E-state index is 0.0473. The summed E-state index contributed by atoms with van der Waals surface area (Å²) in [7, 11) is 1.64. The molecule has 2 aliphatic heterocycles. The maximum absolute atomic E-state index is 12.5. The highest BCUT2D eigenvalue weighted by Gasteiger charge is 2.69. The van der Waals surface area contributed by atoms with Crippen molar-refractivity contribution in [3.05, 3.63) is 28.3 Å². The van der Waals surface area contributed by atoms with Crippen LogP contribution in [0.4, 0.5) is 0 Å². The number of methoxy groups -OCH3 is 1. The van der Waals surface area contributed by atoms with Gasteiger partial charge in [-0.25, -0.2) is 4.79 Å². The number of rotatable bonds is 2. The number of nitrogens with one attached hydrogen (secondary N) is 1. The molecular formula is C25H33NO6. The maximum atomic E-state index is 12.5. The van der Waals surface area contributed by atoms with E-state index in [-0.39, 0.29) is 41.0 Å². The summed E-state index contributed by atoms with van der Waals surface area (Å²) in [6.07, 6.45) is 2.23. The monoisotopic (exact) mass is 443 g/mol. The smallest absolute Gasteiger partial charge is 0.336 e. The Morgan fingerprint density at radius 3 is 2.66 bits per heavy atom. The predicted molar refractivity (Wildman–Crippen MR) is 117 cm³/mol. The number of hydrogen-bond donors (Lipinski definition) is 3. The fraction of sp³-hybridized carbons (Fsp3) is 0.680. The molecule has 1 spiro atoms. The Morgan fingerprint density at radius 2 is 2.00 bits per heavy atom. The van der Waals surface area contributed by atoms with Crippen molar-refractivity contribution in [1.29, 1.82) is 0 Å². The molecule has 0 radical (unpaired) electrons. The first kappa shape index (κ1) is 21.7. The average molecular weight is 444 g/mol. The second-order valence-corrected chi connectivity index (χ2v) is 11.1. The number of carbonyl (C=O) groups is 2. The Kier molecular flexibility index (Phi) is 4.55. The van der Waals surface area contributed by atoms with Crippen LogP contribution < -0.4 is 10.1 Å². The van der Waals surface area contributed by atoms with Gasteiger partial charge < -0.3 is 25.0 Å². The zero-order valence-electron chi connectivity index (χ0n) is 19.4. The quantitative estimate of drug-likeness (QED) is 0.649. The van der Waals surface area contributed by atoms with Gasteiger partial charge in [0.25, 0.3) is 5.91 Å². The number of ether oxygens (including phenoxy) is 2. The van der Waals surface area contributed by atoms with E-state index in [1.807, 2.05) is 0 Å². The Morgan fingerprint density at radius 1 is 1.28 bits per heavy atom. The molecule has 4 aliphatic rings. The van der Waals surface area contributed by atoms with Gasteiger partial charge in [0, 0.05) is 37.0 Å². The van der Waals surface area contributed by atoms with Crippen LogP contribution in [0.5, 0.6) is 5.75 Å². The lowest BCUT2D eigenvalue weighted by atomic mass is 9.43. The summed E-state index contributed by atoms with van der Waals surface area (Å²) in [6.45, 7) is 8.98. The zero-order valence-corrected chi connectivity index (χ0v) is 19.4. The second-order valence-electron chi connectivity index (χ2n) is 11.1. The summed E-state index contributed by atoms with van der Waals surface area (Å²) >= 11 is 0. The average Bonchev–Trinajstić information content (AvgIpc) is 3.11. The summed E-state index contributed by atoms with van der Waals surface area (Å²) < 4.78 is 12.9. The molecule has 7 nitrogen and oxygen atoms in total. The van der Waals surface area contributed by atoms with Gasteiger partial charge in [-0.2, -0.15) is 0 Å². The van der Waals surface area contributed by atoms with E-state index < -0.39 is 23.1 Å². The minimum Gasteiger partial charge on any atom is -0.486 e. The number of aliphatic hydroxyl groups is 1. The van der Waals surface area contributed by atoms with Crippen molar-refractivity contribution >= 4 is 11.9 Å². The molecule has 32 heavy (non-hydrogen) atoms. The van der Waals surface area contributed by atoms with Gasteiger partial charge in [0.05, 0.1) is 23.3 Å². The molecule has 174 valence electrons. The summed E-state index contributed by atoms with van der Waals surface area (Å²) in [6, 6.07) is 1.65. The van der Waals surface area contributed by atoms with Gasteiger partial charge in [-0.1, -0.05) is 27.7 Å². The lowest BCUT2D eigenvalue weighted by molar-refractivity contribution is -0.264. The van der Waals surface area contributed by atoms with E-state index in [1.54, 1.807) is 13.2 Å². The standard InChI is InChI=1S/C25H33NO6/c1-12-6-7-17-23(2,3)20(27)16(31-5)10-25(17)24(12,4)9-13-8-14(22(29)30)18-15(19(13)32-25)11-26-21(18)28/h8,12,16-17,20,27H,6-7,9-11H2,1-5H3,(H,26,28)(H,29,30)/t12-,16?,17-,20?,24+,25-/m0/s1. The number of benzene rings is 1. The molecule has 0 aromatic heterocycles. The third-order valence-corrected chi connectivity index (χ3v) is 9.51. The van der Waals surface area contributed by atoms with E-state index in [0.29, 0.717) is 30.1 Å². The fourth-order valence-corrected chi connectivity index (χ4v) is 7.46. The Balaban J connectivity index is 1.75. The zero-order chi connectivity index (χ0) is 23.2. The molecule has 2 unspecified atom stereocenters. The lowest BCUT2D eigenvalue weighted by Crippen LogP contribution is -2.73. The van der Waals surface area contributed by atoms with Crippen LogP contribution in [0.3, 0.4) is 0 Å². The molecule has 0 bridgehead atoms. The van der Waals surface area contributed by atoms with Crippen LogP contribution >= 0.6 is 0 Å². The molecule has 1 aromatic rings. The normalized spacial score (nSPS) is 39.1. The second kappa shape index (κ2) is 6.70. The SMILES string of the molecule is COC1C[C@@]23Oc4c(cc(C(=O)O)c5c4CNC5=O)C[C@]2(C)[C@@H](C)CC[C@H]3C(C)(C)C1O. The molecule has 3 N–H and O–H groups in total. The van der Waals surface area contributed by atoms with E-state index >= 15 is 0 Å². The van der Waals surface area contributed by atoms with Crippen LogP contribution in [0.1, 0.15) is 78.8 Å². The first-order chi connectivity index (χ1) is 15.0. The van der Waals surface area contributed by atoms with Crippen LogP contribution in [0.25, 0.3) is 0 Å². The number of carboxylic acid groups (broad SMARTS) is 1. The number of aromatic carboxylic acids is 1. The molecular weight excluding hydrogens is 410 g/mol. The number of carbonyl (C=O) groups excluding carboxylic acids is 1. The highest BCUT2D eigenvalue weighted by atomic mass is 16.5. The molecule has 0 saturated heterocycles. The number of amides is 1. The van der Waals surface area contributed by atoms with E-state index in [2.05, 4.69) is 33.0 Å². The number of fused-ring (bicyclic) bond motifs is 3. The molecule has 2 fully saturated rings. The molecule has 5 rings (SSSR count). The summed E-state index contributed by atoms with van der Waals surface area (Å²) in [5.74, 6) is -0.357. The third-order valence-electron chi connectivity index (χ3n) is 9.51. The van der Waals surface area contributed by atoms with Gasteiger partial charge in [-0.3, -0.25) is 4.79 Å². The maximum Gasteiger partial charge on any atom is 0.336 e. The molecule has 2 saturated carbocycles. The van der Waals surface area contributed by atoms with Gasteiger partial charge in [-0.05, 0) is 42.2 Å². The lowest BCUT2D eigenvalue weighted by Gasteiger charge is -2.68. The van der Waals surface area contributed by atoms with E-state index in [4.69, 9.17) is 9.47 Å². The number of hydrogen-bond acceptors (Lipinski definition) is 5. The van der Waals surface area contributed by atoms with Crippen LogP contribution in [-0.2, 0) is 17.7 Å². The molecule has 1 aromatic carbocycles. The molecule has 1 amide bonds. The molecule has 2 heterocycles. The van der Waals surface area contributed by atoms with Crippen molar-refractivity contribution in [3.63, 3.8) is 0 Å². The van der Waals surface area contributed by atoms with Gasteiger partial charge in [0.15, 0.2) is 0 Å². The number of carboxylic acids is 1. The topological polar surface area (TPSA) is 105 Å². The first-order valence-corrected chi connectivity index (χ1v) is 11.6. The van der Waals surface area contributed by atoms with Crippen molar-refractivity contribution in [2.75, 3.05) is 7.11 Å². The van der Waals surface area contributed by atoms with E-state index in [9.17, 15) is 19.8 Å². The van der Waals surface area contributed by atoms with Crippen molar-refractivity contribution in [2.24, 2.45) is 22.7 Å². The van der Waals surface area contributed by atoms with Gasteiger partial charge in [-0.15, -0.1) is 0 Å². The predicted octanol–water partition coefficient (Wildman–Crippen LogP) is 3.16. The summed E-state index contributed by atoms with van der Waals surface area (Å²) in [5.41, 5.74) is 0.506. The van der Waals surface area contributed by atoms with Gasteiger partial charge in [0.1, 0.15) is 11.4 Å². The minimum atomic E-state index is -1.09. The highest BCUT2D eigenvalue weighted by Crippen LogP contribution is 2.66. The van der Waals surface area contributed by atoms with Crippen LogP contribution in [0.2, 0.25) is 0 Å². The molecule has 2 aliphatic carbocycles. The Bertz CT molecular complexity index is 1020. The van der Waals surface area contributed by atoms with Gasteiger partial charge in [0.2, 0.25) is 0 Å². The molecule has 7 heteroatoms. The Labute approximate surface area is 188 Å². The fourth-order valence-electron chi connectivity index (χ4n) is 7.46. The van der Waals surface area contributed by atoms with Crippen molar-refractivity contribution in [2.45, 2.75) is 77.7 Å². The van der Waals surface area contributed by atoms with Crippen molar-refractivity contribution < 1.29 is 29.3 Å². The van der Waals surface area contributed by atoms with Crippen LogP contribution in [0, 0.1) is 22.7 Å². The van der Waals surface area contributed by atoms with Crippen LogP contribution in [0.15, 0.2) is 6.07 Å². The summed E-state index contributed by atoms with van der Waals surface area (Å²) in [5, 5.41) is 23.7. The van der Waals surface area contributed by atoms with E-state index in [1.165, 1.54) is 0 Å². The molecule has 6 atom stereocenters. The first-order valence-electron chi connectivity index (χ1n) is 11.6. The van der Waals surface area contributed by atoms with Gasteiger partial charge >= 0.3 is 5.97 Å².